The molecule has 1 heterocycles. The number of para-hydroxylation sites is 2. The lowest BCUT2D eigenvalue weighted by molar-refractivity contribution is 0.441. The van der Waals surface area contributed by atoms with E-state index in [0.717, 1.165) is 27.7 Å². The summed E-state index contributed by atoms with van der Waals surface area (Å²) < 4.78 is 0. The molecule has 0 bridgehead atoms. The molecule has 2 aromatic carbocycles. The Labute approximate surface area is 137 Å². The molecule has 3 rings (SSSR count). The summed E-state index contributed by atoms with van der Waals surface area (Å²) >= 11 is 0. The fourth-order valence-corrected chi connectivity index (χ4v) is 2.78. The lowest BCUT2D eigenvalue weighted by Gasteiger charge is -2.22. The maximum Gasteiger partial charge on any atom is 0.124 e. The summed E-state index contributed by atoms with van der Waals surface area (Å²) in [6, 6.07) is 16.0. The molecule has 0 amide bonds. The number of hydrogen-bond acceptors (Lipinski definition) is 3. The number of nitrogens with one attached hydrogen (secondary N) is 1. The van der Waals surface area contributed by atoms with E-state index < -0.39 is 0 Å². The summed E-state index contributed by atoms with van der Waals surface area (Å²) in [5.41, 5.74) is 3.70. The Morgan fingerprint density at radius 2 is 1.74 bits per heavy atom. The minimum Gasteiger partial charge on any atom is -0.507 e. The number of rotatable bonds is 3. The van der Waals surface area contributed by atoms with Gasteiger partial charge in [-0.25, -0.2) is 0 Å². The van der Waals surface area contributed by atoms with Gasteiger partial charge in [-0.2, -0.15) is 0 Å². The predicted octanol–water partition coefficient (Wildman–Crippen LogP) is 4.85. The molecular formula is C20H22N2O. The smallest absolute Gasteiger partial charge is 0.124 e. The van der Waals surface area contributed by atoms with Gasteiger partial charge >= 0.3 is 0 Å². The number of pyridine rings is 1. The average molecular weight is 306 g/mol. The van der Waals surface area contributed by atoms with Crippen LogP contribution >= 0.6 is 0 Å². The molecular weight excluding hydrogens is 284 g/mol. The molecule has 2 N–H and O–H groups in total. The average Bonchev–Trinajstić information content (AvgIpc) is 2.53. The molecule has 0 saturated heterocycles. The van der Waals surface area contributed by atoms with E-state index in [1.54, 1.807) is 6.20 Å². The van der Waals surface area contributed by atoms with Crippen LogP contribution < -0.4 is 5.32 Å². The van der Waals surface area contributed by atoms with Crippen LogP contribution in [0, 0.1) is 0 Å². The van der Waals surface area contributed by atoms with E-state index in [0.29, 0.717) is 12.3 Å². The van der Waals surface area contributed by atoms with Crippen molar-refractivity contribution >= 4 is 16.6 Å². The molecule has 23 heavy (non-hydrogen) atoms. The van der Waals surface area contributed by atoms with Gasteiger partial charge in [0.2, 0.25) is 0 Å². The maximum absolute atomic E-state index is 10.6. The first kappa shape index (κ1) is 15.3. The zero-order chi connectivity index (χ0) is 16.4. The van der Waals surface area contributed by atoms with Gasteiger partial charge in [-0.3, -0.25) is 4.98 Å². The molecule has 0 fully saturated rings. The second-order valence-corrected chi connectivity index (χ2v) is 6.80. The van der Waals surface area contributed by atoms with Crippen molar-refractivity contribution in [2.45, 2.75) is 32.7 Å². The highest BCUT2D eigenvalue weighted by atomic mass is 16.3. The monoisotopic (exact) mass is 306 g/mol. The van der Waals surface area contributed by atoms with Crippen LogP contribution in [-0.4, -0.2) is 10.1 Å². The third-order valence-corrected chi connectivity index (χ3v) is 4.03. The zero-order valence-corrected chi connectivity index (χ0v) is 13.8. The van der Waals surface area contributed by atoms with Gasteiger partial charge in [0.25, 0.3) is 0 Å². The molecule has 0 aliphatic heterocycles. The molecule has 0 radical (unpaired) electrons. The molecule has 0 saturated carbocycles. The van der Waals surface area contributed by atoms with E-state index in [4.69, 9.17) is 0 Å². The second kappa shape index (κ2) is 5.92. The molecule has 0 atom stereocenters. The van der Waals surface area contributed by atoms with Crippen LogP contribution in [0.1, 0.15) is 31.9 Å². The van der Waals surface area contributed by atoms with Gasteiger partial charge in [0, 0.05) is 23.7 Å². The minimum atomic E-state index is -0.0822. The predicted molar refractivity (Wildman–Crippen MR) is 95.9 cm³/mol. The fraction of sp³-hybridized carbons (Fsp3) is 0.250. The normalized spacial score (nSPS) is 11.6. The molecule has 0 spiro atoms. The SMILES string of the molecule is CC(C)(C)c1cccc(CNc2cccc3cccnc23)c1O. The number of nitrogens with zero attached hydrogens (tertiary/aromatic N) is 1. The van der Waals surface area contributed by atoms with E-state index in [9.17, 15) is 5.11 Å². The van der Waals surface area contributed by atoms with Gasteiger partial charge in [-0.05, 0) is 23.1 Å². The zero-order valence-electron chi connectivity index (χ0n) is 13.8. The largest absolute Gasteiger partial charge is 0.507 e. The molecule has 0 aliphatic carbocycles. The van der Waals surface area contributed by atoms with Crippen LogP contribution in [0.15, 0.2) is 54.7 Å². The van der Waals surface area contributed by atoms with Gasteiger partial charge in [0.15, 0.2) is 0 Å². The molecule has 118 valence electrons. The van der Waals surface area contributed by atoms with Crippen LogP contribution in [-0.2, 0) is 12.0 Å². The van der Waals surface area contributed by atoms with Crippen molar-refractivity contribution in [3.05, 3.63) is 65.9 Å². The first-order valence-electron chi connectivity index (χ1n) is 7.86. The van der Waals surface area contributed by atoms with E-state index in [-0.39, 0.29) is 5.41 Å². The molecule has 3 heteroatoms. The number of benzene rings is 2. The minimum absolute atomic E-state index is 0.0822. The maximum atomic E-state index is 10.6. The van der Waals surface area contributed by atoms with Gasteiger partial charge < -0.3 is 10.4 Å². The quantitative estimate of drug-likeness (QED) is 0.727. The van der Waals surface area contributed by atoms with Gasteiger partial charge in [-0.1, -0.05) is 57.2 Å². The third kappa shape index (κ3) is 3.14. The first-order valence-corrected chi connectivity index (χ1v) is 7.86. The summed E-state index contributed by atoms with van der Waals surface area (Å²) in [6.45, 7) is 6.88. The summed E-state index contributed by atoms with van der Waals surface area (Å²) in [6.07, 6.45) is 1.80. The highest BCUT2D eigenvalue weighted by Crippen LogP contribution is 2.33. The van der Waals surface area contributed by atoms with Gasteiger partial charge in [0.1, 0.15) is 5.75 Å². The lowest BCUT2D eigenvalue weighted by atomic mass is 9.85. The standard InChI is InChI=1S/C20H22N2O/c1-20(2,3)16-10-4-8-15(19(16)23)13-22-17-11-5-7-14-9-6-12-21-18(14)17/h4-12,22-23H,13H2,1-3H3. The molecule has 0 aliphatic rings. The van der Waals surface area contributed by atoms with Crippen LogP contribution in [0.2, 0.25) is 0 Å². The summed E-state index contributed by atoms with van der Waals surface area (Å²) in [5.74, 6) is 0.376. The van der Waals surface area contributed by atoms with Gasteiger partial charge in [0.05, 0.1) is 11.2 Å². The Bertz CT molecular complexity index is 829. The van der Waals surface area contributed by atoms with Crippen molar-refractivity contribution in [2.24, 2.45) is 0 Å². The van der Waals surface area contributed by atoms with E-state index >= 15 is 0 Å². The van der Waals surface area contributed by atoms with Crippen molar-refractivity contribution < 1.29 is 5.11 Å². The highest BCUT2D eigenvalue weighted by Gasteiger charge is 2.19. The number of phenolic OH excluding ortho intramolecular Hbond substituents is 1. The Morgan fingerprint density at radius 3 is 2.52 bits per heavy atom. The Kier molecular flexibility index (Phi) is 3.95. The van der Waals surface area contributed by atoms with Crippen LogP contribution in [0.3, 0.4) is 0 Å². The van der Waals surface area contributed by atoms with Crippen molar-refractivity contribution in [1.82, 2.24) is 4.98 Å². The van der Waals surface area contributed by atoms with Crippen LogP contribution in [0.5, 0.6) is 5.75 Å². The Hall–Kier alpha value is -2.55. The summed E-state index contributed by atoms with van der Waals surface area (Å²) in [7, 11) is 0. The van der Waals surface area contributed by atoms with E-state index in [2.05, 4.69) is 31.1 Å². The van der Waals surface area contributed by atoms with Crippen molar-refractivity contribution in [2.75, 3.05) is 5.32 Å². The van der Waals surface area contributed by atoms with Crippen molar-refractivity contribution in [3.63, 3.8) is 0 Å². The van der Waals surface area contributed by atoms with Crippen molar-refractivity contribution in [1.29, 1.82) is 0 Å². The Morgan fingerprint density at radius 1 is 1.00 bits per heavy atom. The van der Waals surface area contributed by atoms with E-state index in [1.807, 2.05) is 48.5 Å². The summed E-state index contributed by atoms with van der Waals surface area (Å²) in [4.78, 5) is 4.45. The molecule has 3 nitrogen and oxygen atoms in total. The van der Waals surface area contributed by atoms with Gasteiger partial charge in [-0.15, -0.1) is 0 Å². The lowest BCUT2D eigenvalue weighted by Crippen LogP contribution is -2.12. The number of phenols is 1. The number of aromatic nitrogens is 1. The topological polar surface area (TPSA) is 45.2 Å². The molecule has 0 unspecified atom stereocenters. The highest BCUT2D eigenvalue weighted by molar-refractivity contribution is 5.90. The second-order valence-electron chi connectivity index (χ2n) is 6.80. The first-order chi connectivity index (χ1) is 11.0. The van der Waals surface area contributed by atoms with E-state index in [1.165, 1.54) is 0 Å². The third-order valence-electron chi connectivity index (χ3n) is 4.03. The number of anilines is 1. The fourth-order valence-electron chi connectivity index (χ4n) is 2.78. The molecule has 3 aromatic rings. The molecule has 1 aromatic heterocycles. The van der Waals surface area contributed by atoms with Crippen LogP contribution in [0.25, 0.3) is 10.9 Å². The number of fused-ring (bicyclic) bond motifs is 1. The Balaban J connectivity index is 1.89. The van der Waals surface area contributed by atoms with Crippen molar-refractivity contribution in [3.8, 4) is 5.75 Å². The number of aromatic hydroxyl groups is 1. The van der Waals surface area contributed by atoms with Crippen LogP contribution in [0.4, 0.5) is 5.69 Å². The number of hydrogen-bond donors (Lipinski definition) is 2. The summed E-state index contributed by atoms with van der Waals surface area (Å²) in [5, 5.41) is 15.1.